The second-order valence-electron chi connectivity index (χ2n) is 13.4. The molecule has 0 unspecified atom stereocenters. The summed E-state index contributed by atoms with van der Waals surface area (Å²) in [6.07, 6.45) is 14.7. The third kappa shape index (κ3) is 10.3. The van der Waals surface area contributed by atoms with E-state index in [1.54, 1.807) is 0 Å². The van der Waals surface area contributed by atoms with Crippen LogP contribution in [0.3, 0.4) is 0 Å². The van der Waals surface area contributed by atoms with E-state index < -0.39 is 0 Å². The minimum Gasteiger partial charge on any atom is -1.00 e. The Balaban J connectivity index is 0.000000272. The van der Waals surface area contributed by atoms with Crippen molar-refractivity contribution in [3.8, 4) is 11.1 Å². The van der Waals surface area contributed by atoms with Gasteiger partial charge in [0.25, 0.3) is 0 Å². The van der Waals surface area contributed by atoms with Crippen LogP contribution in [0.5, 0.6) is 0 Å². The fraction of sp³-hybridized carbons (Fsp3) is 0.233. The number of hydrogen-bond acceptors (Lipinski definition) is 0. The maximum atomic E-state index is 3.82. The number of halogens is 2. The average molecular weight is 723 g/mol. The van der Waals surface area contributed by atoms with E-state index in [-0.39, 0.29) is 35.6 Å². The first-order valence-electron chi connectivity index (χ1n) is 15.4. The molecule has 0 heterocycles. The van der Waals surface area contributed by atoms with Gasteiger partial charge in [-0.15, -0.1) is 30.2 Å². The molecule has 0 aliphatic heterocycles. The number of rotatable bonds is 4. The Morgan fingerprint density at radius 3 is 1.65 bits per heavy atom. The number of fused-ring (bicyclic) bond motifs is 3. The molecule has 4 aromatic rings. The molecule has 0 atom stereocenters. The van der Waals surface area contributed by atoms with Crippen LogP contribution in [0.25, 0.3) is 23.3 Å². The SMILES string of the molecule is C=Cc1c[c-]c2c(c1)-c1cc(C=C)ccc1C2.CC(C)(C)c1ccc([C](=[Zr+2])c2ccc(C(C)(C)C)cc2)cc1.[C-]1=CC=CC1.[Cl-].[Cl-]. The van der Waals surface area contributed by atoms with Crippen molar-refractivity contribution in [1.82, 2.24) is 0 Å². The van der Waals surface area contributed by atoms with Gasteiger partial charge < -0.3 is 24.8 Å². The molecule has 0 fully saturated rings. The molecule has 46 heavy (non-hydrogen) atoms. The van der Waals surface area contributed by atoms with E-state index in [0.717, 1.165) is 18.4 Å². The Morgan fingerprint density at radius 1 is 0.717 bits per heavy atom. The van der Waals surface area contributed by atoms with Gasteiger partial charge in [0.2, 0.25) is 0 Å². The van der Waals surface area contributed by atoms with Gasteiger partial charge >= 0.3 is 151 Å². The zero-order chi connectivity index (χ0) is 31.9. The summed E-state index contributed by atoms with van der Waals surface area (Å²) in [5.74, 6) is 0. The van der Waals surface area contributed by atoms with Crippen LogP contribution in [0.15, 0.2) is 110 Å². The van der Waals surface area contributed by atoms with Gasteiger partial charge in [-0.05, 0) is 12.0 Å². The molecular formula is C43H44Cl2Zr-2. The van der Waals surface area contributed by atoms with Gasteiger partial charge in [-0.2, -0.15) is 29.8 Å². The van der Waals surface area contributed by atoms with E-state index in [1.165, 1.54) is 77.5 Å². The maximum Gasteiger partial charge on any atom is -0.109 e. The van der Waals surface area contributed by atoms with Crippen molar-refractivity contribution in [2.45, 2.75) is 65.2 Å². The number of allylic oxidation sites excluding steroid dienone is 4. The van der Waals surface area contributed by atoms with Crippen LogP contribution >= 0.6 is 0 Å². The molecule has 3 heteroatoms. The predicted molar refractivity (Wildman–Crippen MR) is 189 cm³/mol. The average Bonchev–Trinajstić information content (AvgIpc) is 3.72. The second-order valence-corrected chi connectivity index (χ2v) is 14.6. The second kappa shape index (κ2) is 17.4. The predicted octanol–water partition coefficient (Wildman–Crippen LogP) is 5.05. The van der Waals surface area contributed by atoms with Crippen LogP contribution < -0.4 is 24.8 Å². The Kier molecular flexibility index (Phi) is 14.9. The van der Waals surface area contributed by atoms with Crippen LogP contribution in [-0.4, -0.2) is 3.21 Å². The van der Waals surface area contributed by atoms with E-state index in [9.17, 15) is 0 Å². The first kappa shape index (κ1) is 39.4. The van der Waals surface area contributed by atoms with Crippen LogP contribution in [0, 0.1) is 12.1 Å². The Labute approximate surface area is 305 Å². The molecule has 0 saturated heterocycles. The summed E-state index contributed by atoms with van der Waals surface area (Å²) in [4.78, 5) is 0. The summed E-state index contributed by atoms with van der Waals surface area (Å²) in [6, 6.07) is 32.2. The quantitative estimate of drug-likeness (QED) is 0.228. The summed E-state index contributed by atoms with van der Waals surface area (Å²) < 4.78 is 1.42. The standard InChI is InChI=1S/C21H26.C17H13.C5H5.2ClH.Zr/c1-20(2,3)18-11-7-16(8-12-18)15-17-9-13-19(14-10-17)21(4,5)6;1-3-12-5-7-14-11-15-8-6-13(4-2)10-17(15)16(14)9-12;1-2-4-5-3-1;;;/h7-14H,1-6H3;3-7,9-10H,1-2,11H2;1-3H,4H2;2*1H;/q;2*-1;;;+2/p-2. The third-order valence-electron chi connectivity index (χ3n) is 7.98. The molecule has 0 spiro atoms. The molecule has 2 aliphatic carbocycles. The first-order valence-corrected chi connectivity index (χ1v) is 16.6. The zero-order valence-electron chi connectivity index (χ0n) is 28.0. The van der Waals surface area contributed by atoms with Gasteiger partial charge in [0.1, 0.15) is 0 Å². The van der Waals surface area contributed by atoms with Crippen molar-refractivity contribution >= 4 is 15.4 Å². The molecule has 236 valence electrons. The maximum absolute atomic E-state index is 3.82. The van der Waals surface area contributed by atoms with Crippen molar-refractivity contribution in [3.63, 3.8) is 0 Å². The topological polar surface area (TPSA) is 0 Å². The minimum absolute atomic E-state index is 0. The summed E-state index contributed by atoms with van der Waals surface area (Å²) in [7, 11) is 0. The van der Waals surface area contributed by atoms with Crippen molar-refractivity contribution in [2.75, 3.05) is 0 Å². The minimum atomic E-state index is 0. The third-order valence-corrected chi connectivity index (χ3v) is 9.40. The zero-order valence-corrected chi connectivity index (χ0v) is 31.9. The van der Waals surface area contributed by atoms with Crippen molar-refractivity contribution in [3.05, 3.63) is 167 Å². The van der Waals surface area contributed by atoms with Gasteiger partial charge in [0.15, 0.2) is 0 Å². The first-order chi connectivity index (χ1) is 20.9. The van der Waals surface area contributed by atoms with Crippen LogP contribution in [0.4, 0.5) is 0 Å². The summed E-state index contributed by atoms with van der Waals surface area (Å²) in [5, 5.41) is 0. The van der Waals surface area contributed by atoms with E-state index in [0.29, 0.717) is 0 Å². The summed E-state index contributed by atoms with van der Waals surface area (Å²) in [5.41, 5.74) is 13.5. The van der Waals surface area contributed by atoms with Crippen molar-refractivity contribution in [2.24, 2.45) is 0 Å². The Bertz CT molecular complexity index is 1570. The smallest absolute Gasteiger partial charge is 0.109 e. The Morgan fingerprint density at radius 2 is 1.24 bits per heavy atom. The van der Waals surface area contributed by atoms with Gasteiger partial charge in [0, 0.05) is 0 Å². The van der Waals surface area contributed by atoms with E-state index in [1.807, 2.05) is 30.4 Å². The van der Waals surface area contributed by atoms with Crippen molar-refractivity contribution in [1.29, 1.82) is 0 Å². The summed E-state index contributed by atoms with van der Waals surface area (Å²) >= 11 is 1.46. The van der Waals surface area contributed by atoms with Crippen LogP contribution in [-0.2, 0) is 41.5 Å². The van der Waals surface area contributed by atoms with Gasteiger partial charge in [-0.25, -0.2) is 12.2 Å². The molecule has 6 rings (SSSR count). The number of hydrogen-bond donors (Lipinski definition) is 0. The number of benzene rings is 4. The largest absolute Gasteiger partial charge is 1.00 e. The molecule has 2 aliphatic rings. The van der Waals surface area contributed by atoms with Gasteiger partial charge in [-0.1, -0.05) is 42.0 Å². The molecule has 0 amide bonds. The fourth-order valence-corrected chi connectivity index (χ4v) is 5.96. The molecule has 0 radical (unpaired) electrons. The molecule has 0 nitrogen and oxygen atoms in total. The molecular weight excluding hydrogens is 679 g/mol. The summed E-state index contributed by atoms with van der Waals surface area (Å²) in [6.45, 7) is 21.2. The van der Waals surface area contributed by atoms with E-state index >= 15 is 0 Å². The molecule has 4 aromatic carbocycles. The normalized spacial score (nSPS) is 12.2. The van der Waals surface area contributed by atoms with Crippen LogP contribution in [0.2, 0.25) is 0 Å². The fourth-order valence-electron chi connectivity index (χ4n) is 5.15. The van der Waals surface area contributed by atoms with Gasteiger partial charge in [0.05, 0.1) is 0 Å². The van der Waals surface area contributed by atoms with Crippen molar-refractivity contribution < 1.29 is 49.0 Å². The monoisotopic (exact) mass is 720 g/mol. The molecule has 0 bridgehead atoms. The molecule has 0 N–H and O–H groups in total. The molecule has 0 saturated carbocycles. The van der Waals surface area contributed by atoms with Gasteiger partial charge in [-0.3, -0.25) is 6.08 Å². The van der Waals surface area contributed by atoms with E-state index in [2.05, 4.69) is 146 Å². The molecule has 0 aromatic heterocycles. The van der Waals surface area contributed by atoms with E-state index in [4.69, 9.17) is 0 Å². The van der Waals surface area contributed by atoms with Crippen LogP contribution in [0.1, 0.15) is 92.5 Å². The Hall–Kier alpha value is -2.83.